The molecule has 0 aliphatic carbocycles. The van der Waals surface area contributed by atoms with Crippen molar-refractivity contribution < 1.29 is 22.3 Å². The molecule has 0 fully saturated rings. The number of carboxylic acid groups (broad SMARTS) is 1. The second-order valence-electron chi connectivity index (χ2n) is 7.04. The van der Waals surface area contributed by atoms with Gasteiger partial charge in [-0.1, -0.05) is 59.8 Å². The molecule has 128 valence electrons. The predicted octanol–water partition coefficient (Wildman–Crippen LogP) is 4.40. The molecule has 1 N–H and O–H groups in total. The van der Waals surface area contributed by atoms with Gasteiger partial charge in [0.2, 0.25) is 0 Å². The van der Waals surface area contributed by atoms with Crippen LogP contribution in [0.25, 0.3) is 0 Å². The number of unbranched alkanes of at least 4 members (excludes halogenated alkanes) is 5. The number of rotatable bonds is 10. The number of carboxylic acids is 1. The summed E-state index contributed by atoms with van der Waals surface area (Å²) in [6, 6.07) is 0. The molecule has 0 aromatic heterocycles. The Morgan fingerprint density at radius 3 is 1.95 bits per heavy atom. The van der Waals surface area contributed by atoms with Crippen molar-refractivity contribution in [2.24, 2.45) is 5.41 Å². The average molecular weight is 440 g/mol. The molecule has 0 aromatic rings. The summed E-state index contributed by atoms with van der Waals surface area (Å²) in [5, 5.41) is 8.68. The molecule has 0 radical (unpaired) electrons. The van der Waals surface area contributed by atoms with Crippen LogP contribution >= 0.6 is 0 Å². The minimum atomic E-state index is -1.14. The molecular formula is C17H34BaO4. The zero-order chi connectivity index (χ0) is 16.5. The fourth-order valence-electron chi connectivity index (χ4n) is 2.23. The van der Waals surface area contributed by atoms with E-state index in [-0.39, 0.29) is 57.1 Å². The summed E-state index contributed by atoms with van der Waals surface area (Å²) in [7, 11) is 0. The summed E-state index contributed by atoms with van der Waals surface area (Å²) in [5.74, 6) is -1.79. The molecule has 0 bridgehead atoms. The maximum Gasteiger partial charge on any atom is 2.00 e. The van der Waals surface area contributed by atoms with Gasteiger partial charge in [-0.25, -0.2) is 0 Å². The maximum absolute atomic E-state index is 11.7. The molecule has 0 saturated heterocycles. The molecule has 0 rings (SSSR count). The van der Waals surface area contributed by atoms with E-state index < -0.39 is 24.0 Å². The quantitative estimate of drug-likeness (QED) is 0.237. The number of hydrogen-bond donors (Lipinski definition) is 1. The molecule has 1 unspecified atom stereocenters. The third-order valence-electron chi connectivity index (χ3n) is 4.23. The molecular weight excluding hydrogens is 406 g/mol. The van der Waals surface area contributed by atoms with E-state index in [1.807, 2.05) is 27.7 Å². The first-order valence-corrected chi connectivity index (χ1v) is 8.06. The van der Waals surface area contributed by atoms with Crippen LogP contribution in [-0.4, -0.2) is 71.5 Å². The Morgan fingerprint density at radius 2 is 1.50 bits per heavy atom. The van der Waals surface area contributed by atoms with E-state index in [1.165, 1.54) is 25.7 Å². The Balaban J connectivity index is -0.000000667. The van der Waals surface area contributed by atoms with Gasteiger partial charge in [0, 0.05) is 5.41 Å². The number of ether oxygens (including phenoxy) is 1. The number of carbonyl (C=O) groups is 2. The van der Waals surface area contributed by atoms with Gasteiger partial charge in [0.1, 0.15) is 12.0 Å². The zero-order valence-electron chi connectivity index (χ0n) is 17.0. The predicted molar refractivity (Wildman–Crippen MR) is 92.2 cm³/mol. The molecule has 0 aliphatic rings. The third kappa shape index (κ3) is 10.3. The molecule has 0 heterocycles. The summed E-state index contributed by atoms with van der Waals surface area (Å²) in [6.07, 6.45) is 7.28. The maximum atomic E-state index is 11.7. The Bertz CT molecular complexity index is 346. The summed E-state index contributed by atoms with van der Waals surface area (Å²) < 4.78 is 5.52. The van der Waals surface area contributed by atoms with Gasteiger partial charge in [-0.15, -0.1) is 0 Å². The van der Waals surface area contributed by atoms with Gasteiger partial charge in [-0.05, 0) is 19.8 Å². The van der Waals surface area contributed by atoms with E-state index in [1.54, 1.807) is 0 Å². The van der Waals surface area contributed by atoms with Crippen molar-refractivity contribution in [2.75, 3.05) is 0 Å². The van der Waals surface area contributed by atoms with Crippen molar-refractivity contribution in [3.8, 4) is 0 Å². The Morgan fingerprint density at radius 1 is 1.00 bits per heavy atom. The summed E-state index contributed by atoms with van der Waals surface area (Å²) in [6.45, 7) is 10.2. The fraction of sp³-hybridized carbons (Fsp3) is 0.882. The van der Waals surface area contributed by atoms with Crippen molar-refractivity contribution >= 4 is 60.8 Å². The minimum absolute atomic E-state index is 0. The van der Waals surface area contributed by atoms with Gasteiger partial charge in [0.25, 0.3) is 0 Å². The molecule has 0 amide bonds. The van der Waals surface area contributed by atoms with E-state index in [0.717, 1.165) is 19.3 Å². The van der Waals surface area contributed by atoms with Gasteiger partial charge in [-0.3, -0.25) is 9.59 Å². The molecule has 4 nitrogen and oxygen atoms in total. The van der Waals surface area contributed by atoms with Gasteiger partial charge in [0.05, 0.1) is 0 Å². The zero-order valence-corrected chi connectivity index (χ0v) is 19.5. The Hall–Kier alpha value is 0.511. The molecule has 22 heavy (non-hydrogen) atoms. The summed E-state index contributed by atoms with van der Waals surface area (Å²) >= 11 is 0. The van der Waals surface area contributed by atoms with Crippen LogP contribution in [0.15, 0.2) is 0 Å². The summed E-state index contributed by atoms with van der Waals surface area (Å²) in [5.41, 5.74) is -0.838. The van der Waals surface area contributed by atoms with Gasteiger partial charge >= 0.3 is 60.8 Å². The number of esters is 1. The second kappa shape index (κ2) is 12.0. The first-order chi connectivity index (χ1) is 9.62. The Kier molecular flexibility index (Phi) is 13.5. The van der Waals surface area contributed by atoms with E-state index in [4.69, 9.17) is 9.84 Å². The summed E-state index contributed by atoms with van der Waals surface area (Å²) in [4.78, 5) is 22.3. The minimum Gasteiger partial charge on any atom is -1.00 e. The largest absolute Gasteiger partial charge is 2.00 e. The molecule has 0 aliphatic heterocycles. The van der Waals surface area contributed by atoms with Gasteiger partial charge in [-0.2, -0.15) is 0 Å². The van der Waals surface area contributed by atoms with Crippen molar-refractivity contribution in [1.82, 2.24) is 0 Å². The van der Waals surface area contributed by atoms with Crippen molar-refractivity contribution in [3.63, 3.8) is 0 Å². The van der Waals surface area contributed by atoms with Crippen molar-refractivity contribution in [3.05, 3.63) is 0 Å². The second-order valence-corrected chi connectivity index (χ2v) is 7.04. The fourth-order valence-corrected chi connectivity index (χ4v) is 2.23. The number of aliphatic carboxylic acids is 1. The standard InChI is InChI=1S/C17H32O4.Ba.2H/c1-6-7-8-9-10-11-12-17(5,16(2,3)4)21-15(20)13-14(18)19;;;/h6-13H2,1-5H3,(H,18,19);;;/q;+2;2*-1. The molecule has 1 atom stereocenters. The van der Waals surface area contributed by atoms with Crippen molar-refractivity contribution in [2.45, 2.75) is 91.6 Å². The van der Waals surface area contributed by atoms with Crippen LogP contribution in [0.2, 0.25) is 0 Å². The van der Waals surface area contributed by atoms with Crippen LogP contribution in [0.5, 0.6) is 0 Å². The van der Waals surface area contributed by atoms with Crippen LogP contribution < -0.4 is 0 Å². The van der Waals surface area contributed by atoms with E-state index in [0.29, 0.717) is 0 Å². The monoisotopic (exact) mass is 440 g/mol. The first-order valence-electron chi connectivity index (χ1n) is 8.06. The van der Waals surface area contributed by atoms with Gasteiger partial charge in [0.15, 0.2) is 0 Å². The first kappa shape index (κ1) is 24.8. The van der Waals surface area contributed by atoms with Crippen LogP contribution in [0.4, 0.5) is 0 Å². The van der Waals surface area contributed by atoms with Crippen molar-refractivity contribution in [1.29, 1.82) is 0 Å². The molecule has 0 aromatic carbocycles. The SMILES string of the molecule is CCCCCCCCC(C)(OC(=O)CC(=O)O)C(C)(C)C.[Ba+2].[H-].[H-]. The van der Waals surface area contributed by atoms with E-state index in [2.05, 4.69) is 6.92 Å². The normalized spacial score (nSPS) is 13.9. The molecule has 0 saturated carbocycles. The molecule has 5 heteroatoms. The van der Waals surface area contributed by atoms with Gasteiger partial charge < -0.3 is 12.7 Å². The molecule has 0 spiro atoms. The van der Waals surface area contributed by atoms with Crippen LogP contribution in [-0.2, 0) is 14.3 Å². The third-order valence-corrected chi connectivity index (χ3v) is 4.23. The van der Waals surface area contributed by atoms with Crippen LogP contribution in [0.1, 0.15) is 88.8 Å². The van der Waals surface area contributed by atoms with Crippen LogP contribution in [0, 0.1) is 5.41 Å². The average Bonchev–Trinajstić information content (AvgIpc) is 2.31. The Labute approximate surface area is 178 Å². The smallest absolute Gasteiger partial charge is 1.00 e. The van der Waals surface area contributed by atoms with E-state index in [9.17, 15) is 9.59 Å². The number of carbonyl (C=O) groups excluding carboxylic acids is 1. The topological polar surface area (TPSA) is 63.6 Å². The van der Waals surface area contributed by atoms with E-state index >= 15 is 0 Å². The van der Waals surface area contributed by atoms with Crippen LogP contribution in [0.3, 0.4) is 0 Å². The number of hydrogen-bond acceptors (Lipinski definition) is 3.